The summed E-state index contributed by atoms with van der Waals surface area (Å²) in [4.78, 5) is 14.5. The molecule has 0 radical (unpaired) electrons. The van der Waals surface area contributed by atoms with Gasteiger partial charge in [-0.15, -0.1) is 11.3 Å². The number of methoxy groups -OCH3 is 1. The van der Waals surface area contributed by atoms with Crippen molar-refractivity contribution in [3.05, 3.63) is 44.6 Å². The lowest BCUT2D eigenvalue weighted by molar-refractivity contribution is 0.0790. The van der Waals surface area contributed by atoms with Gasteiger partial charge in [0.05, 0.1) is 15.8 Å². The Labute approximate surface area is 129 Å². The van der Waals surface area contributed by atoms with Gasteiger partial charge in [0.2, 0.25) is 0 Å². The van der Waals surface area contributed by atoms with Crippen LogP contribution in [0.5, 0.6) is 11.5 Å². The number of carbonyl (C=O) groups excluding carboxylic acids is 1. The summed E-state index contributed by atoms with van der Waals surface area (Å²) < 4.78 is 5.99. The van der Waals surface area contributed by atoms with E-state index >= 15 is 0 Å². The Balaban J connectivity index is 2.11. The lowest BCUT2D eigenvalue weighted by atomic mass is 10.2. The van der Waals surface area contributed by atoms with Crippen LogP contribution in [0.25, 0.3) is 0 Å². The van der Waals surface area contributed by atoms with E-state index in [1.165, 1.54) is 18.4 Å². The van der Waals surface area contributed by atoms with Gasteiger partial charge in [0.25, 0.3) is 5.91 Å². The molecule has 0 fully saturated rings. The minimum Gasteiger partial charge on any atom is -0.504 e. The van der Waals surface area contributed by atoms with Gasteiger partial charge >= 0.3 is 0 Å². The molecule has 0 saturated heterocycles. The molecule has 0 unspecified atom stereocenters. The Morgan fingerprint density at radius 2 is 2.15 bits per heavy atom. The standard InChI is InChI=1S/C14H14BrNO3S/c1-16(14(18)12-5-6-13(15)20-12)8-9-3-4-10(17)11(7-9)19-2/h3-7,17H,8H2,1-2H3. The van der Waals surface area contributed by atoms with Gasteiger partial charge in [0, 0.05) is 13.6 Å². The minimum absolute atomic E-state index is 0.0345. The molecule has 0 saturated carbocycles. The Bertz CT molecular complexity index is 627. The number of phenolic OH excluding ortho intramolecular Hbond substituents is 1. The molecule has 0 spiro atoms. The molecule has 106 valence electrons. The number of rotatable bonds is 4. The number of amides is 1. The number of aromatic hydroxyl groups is 1. The molecule has 0 bridgehead atoms. The van der Waals surface area contributed by atoms with Crippen LogP contribution in [0.15, 0.2) is 34.1 Å². The molecule has 2 rings (SSSR count). The molecule has 0 aliphatic carbocycles. The average Bonchev–Trinajstić information content (AvgIpc) is 2.86. The SMILES string of the molecule is COc1cc(CN(C)C(=O)c2ccc(Br)s2)ccc1O. The second-order valence-electron chi connectivity index (χ2n) is 4.27. The quantitative estimate of drug-likeness (QED) is 0.912. The molecule has 1 aromatic heterocycles. The van der Waals surface area contributed by atoms with E-state index in [0.29, 0.717) is 17.2 Å². The van der Waals surface area contributed by atoms with Crippen molar-refractivity contribution in [1.29, 1.82) is 0 Å². The van der Waals surface area contributed by atoms with E-state index in [-0.39, 0.29) is 11.7 Å². The van der Waals surface area contributed by atoms with Crippen LogP contribution < -0.4 is 4.74 Å². The summed E-state index contributed by atoms with van der Waals surface area (Å²) in [5.74, 6) is 0.461. The molecule has 4 nitrogen and oxygen atoms in total. The van der Waals surface area contributed by atoms with Crippen molar-refractivity contribution in [1.82, 2.24) is 4.90 Å². The zero-order valence-electron chi connectivity index (χ0n) is 11.1. The predicted octanol–water partition coefficient (Wildman–Crippen LogP) is 3.50. The Hall–Kier alpha value is -1.53. The number of carbonyl (C=O) groups is 1. The largest absolute Gasteiger partial charge is 0.504 e. The zero-order chi connectivity index (χ0) is 14.7. The topological polar surface area (TPSA) is 49.8 Å². The minimum atomic E-state index is -0.0345. The summed E-state index contributed by atoms with van der Waals surface area (Å²) >= 11 is 4.75. The number of nitrogens with zero attached hydrogens (tertiary/aromatic N) is 1. The van der Waals surface area contributed by atoms with E-state index in [9.17, 15) is 9.90 Å². The van der Waals surface area contributed by atoms with Gasteiger partial charge in [-0.05, 0) is 45.8 Å². The number of ether oxygens (including phenoxy) is 1. The summed E-state index contributed by atoms with van der Waals surface area (Å²) in [5, 5.41) is 9.55. The highest BCUT2D eigenvalue weighted by molar-refractivity contribution is 9.11. The molecule has 20 heavy (non-hydrogen) atoms. The van der Waals surface area contributed by atoms with E-state index in [4.69, 9.17) is 4.74 Å². The first-order valence-corrected chi connectivity index (χ1v) is 7.49. The van der Waals surface area contributed by atoms with E-state index in [2.05, 4.69) is 15.9 Å². The van der Waals surface area contributed by atoms with Crippen LogP contribution in [-0.4, -0.2) is 30.1 Å². The number of phenols is 1. The maximum Gasteiger partial charge on any atom is 0.264 e. The molecule has 1 heterocycles. The number of hydrogen-bond donors (Lipinski definition) is 1. The van der Waals surface area contributed by atoms with Gasteiger partial charge in [0.1, 0.15) is 0 Å². The first-order valence-electron chi connectivity index (χ1n) is 5.88. The molecule has 1 amide bonds. The van der Waals surface area contributed by atoms with Crippen molar-refractivity contribution < 1.29 is 14.6 Å². The highest BCUT2D eigenvalue weighted by Crippen LogP contribution is 2.27. The molecule has 0 aliphatic heterocycles. The van der Waals surface area contributed by atoms with Crippen molar-refractivity contribution >= 4 is 33.2 Å². The van der Waals surface area contributed by atoms with Crippen LogP contribution in [0, 0.1) is 0 Å². The maximum atomic E-state index is 12.2. The lowest BCUT2D eigenvalue weighted by Crippen LogP contribution is -2.25. The van der Waals surface area contributed by atoms with Crippen molar-refractivity contribution in [2.75, 3.05) is 14.2 Å². The van der Waals surface area contributed by atoms with Crippen molar-refractivity contribution in [3.63, 3.8) is 0 Å². The van der Waals surface area contributed by atoms with Gasteiger partial charge in [-0.25, -0.2) is 0 Å². The normalized spacial score (nSPS) is 10.3. The fourth-order valence-corrected chi connectivity index (χ4v) is 3.16. The van der Waals surface area contributed by atoms with E-state index in [0.717, 1.165) is 9.35 Å². The Kier molecular flexibility index (Phi) is 4.67. The monoisotopic (exact) mass is 355 g/mol. The summed E-state index contributed by atoms with van der Waals surface area (Å²) in [6, 6.07) is 8.71. The van der Waals surface area contributed by atoms with Gasteiger partial charge in [-0.1, -0.05) is 6.07 Å². The lowest BCUT2D eigenvalue weighted by Gasteiger charge is -2.17. The maximum absolute atomic E-state index is 12.2. The third-order valence-corrected chi connectivity index (χ3v) is 4.41. The number of hydrogen-bond acceptors (Lipinski definition) is 4. The molecule has 0 atom stereocenters. The first kappa shape index (κ1) is 14.9. The molecule has 6 heteroatoms. The van der Waals surface area contributed by atoms with Crippen molar-refractivity contribution in [2.45, 2.75) is 6.54 Å². The summed E-state index contributed by atoms with van der Waals surface area (Å²) in [6.07, 6.45) is 0. The summed E-state index contributed by atoms with van der Waals surface area (Å²) in [5.41, 5.74) is 0.895. The second kappa shape index (κ2) is 6.28. The van der Waals surface area contributed by atoms with Gasteiger partial charge < -0.3 is 14.7 Å². The molecular formula is C14H14BrNO3S. The highest BCUT2D eigenvalue weighted by atomic mass is 79.9. The van der Waals surface area contributed by atoms with E-state index in [1.807, 2.05) is 6.07 Å². The first-order chi connectivity index (χ1) is 9.51. The fourth-order valence-electron chi connectivity index (χ4n) is 1.78. The Morgan fingerprint density at radius 1 is 1.40 bits per heavy atom. The molecule has 1 N–H and O–H groups in total. The summed E-state index contributed by atoms with van der Waals surface area (Å²) in [7, 11) is 3.24. The van der Waals surface area contributed by atoms with Crippen LogP contribution in [-0.2, 0) is 6.54 Å². The van der Waals surface area contributed by atoms with Crippen LogP contribution in [0.3, 0.4) is 0 Å². The number of thiophene rings is 1. The van der Waals surface area contributed by atoms with Gasteiger partial charge in [0.15, 0.2) is 11.5 Å². The van der Waals surface area contributed by atoms with Gasteiger partial charge in [-0.3, -0.25) is 4.79 Å². The molecular weight excluding hydrogens is 342 g/mol. The van der Waals surface area contributed by atoms with E-state index < -0.39 is 0 Å². The van der Waals surface area contributed by atoms with Crippen LogP contribution in [0.4, 0.5) is 0 Å². The van der Waals surface area contributed by atoms with Crippen LogP contribution in [0.2, 0.25) is 0 Å². The van der Waals surface area contributed by atoms with Crippen LogP contribution in [0.1, 0.15) is 15.2 Å². The van der Waals surface area contributed by atoms with Crippen molar-refractivity contribution in [2.24, 2.45) is 0 Å². The van der Waals surface area contributed by atoms with Crippen LogP contribution >= 0.6 is 27.3 Å². The third-order valence-electron chi connectivity index (χ3n) is 2.79. The number of halogens is 1. The molecule has 1 aromatic carbocycles. The van der Waals surface area contributed by atoms with Crippen molar-refractivity contribution in [3.8, 4) is 11.5 Å². The average molecular weight is 356 g/mol. The highest BCUT2D eigenvalue weighted by Gasteiger charge is 2.14. The zero-order valence-corrected chi connectivity index (χ0v) is 13.5. The fraction of sp³-hybridized carbons (Fsp3) is 0.214. The predicted molar refractivity (Wildman–Crippen MR) is 82.5 cm³/mol. The third kappa shape index (κ3) is 3.32. The van der Waals surface area contributed by atoms with E-state index in [1.54, 1.807) is 36.2 Å². The molecule has 0 aliphatic rings. The van der Waals surface area contributed by atoms with Gasteiger partial charge in [-0.2, -0.15) is 0 Å². The number of benzene rings is 1. The summed E-state index contributed by atoms with van der Waals surface area (Å²) in [6.45, 7) is 0.449. The molecule has 2 aromatic rings. The second-order valence-corrected chi connectivity index (χ2v) is 6.73. The Morgan fingerprint density at radius 3 is 2.75 bits per heavy atom. The smallest absolute Gasteiger partial charge is 0.264 e.